The van der Waals surface area contributed by atoms with Crippen molar-refractivity contribution in [2.75, 3.05) is 0 Å². The highest BCUT2D eigenvalue weighted by molar-refractivity contribution is 7.89. The van der Waals surface area contributed by atoms with Crippen molar-refractivity contribution in [3.63, 3.8) is 0 Å². The zero-order valence-electron chi connectivity index (χ0n) is 12.9. The summed E-state index contributed by atoms with van der Waals surface area (Å²) in [6, 6.07) is 15.7. The van der Waals surface area contributed by atoms with Crippen LogP contribution in [-0.2, 0) is 10.0 Å². The van der Waals surface area contributed by atoms with E-state index in [1.165, 1.54) is 6.20 Å². The van der Waals surface area contributed by atoms with Crippen LogP contribution in [-0.4, -0.2) is 13.4 Å². The smallest absolute Gasteiger partial charge is 0.247 e. The number of sulfonamides is 1. The molecule has 1 atom stereocenters. The highest BCUT2D eigenvalue weighted by Gasteiger charge is 2.28. The molecule has 0 amide bonds. The molecule has 2 aromatic carbocycles. The Hall–Kier alpha value is -2.64. The zero-order chi connectivity index (χ0) is 17.9. The highest BCUT2D eigenvalue weighted by atomic mass is 32.2. The first-order chi connectivity index (χ1) is 12.0. The van der Waals surface area contributed by atoms with Gasteiger partial charge in [0, 0.05) is 6.20 Å². The fourth-order valence-corrected chi connectivity index (χ4v) is 3.78. The third-order valence-electron chi connectivity index (χ3n) is 3.58. The van der Waals surface area contributed by atoms with Crippen molar-refractivity contribution in [2.24, 2.45) is 0 Å². The Bertz CT molecular complexity index is 905. The lowest BCUT2D eigenvalue weighted by Crippen LogP contribution is -2.31. The number of nitrogens with zero attached hydrogens (tertiary/aromatic N) is 1. The summed E-state index contributed by atoms with van der Waals surface area (Å²) in [6.45, 7) is 0. The molecular weight excluding hydrogens is 346 g/mol. The van der Waals surface area contributed by atoms with E-state index in [4.69, 9.17) is 0 Å². The summed E-state index contributed by atoms with van der Waals surface area (Å²) in [7, 11) is -4.46. The Balaban J connectivity index is 2.07. The lowest BCUT2D eigenvalue weighted by molar-refractivity contribution is 0.510. The van der Waals surface area contributed by atoms with Crippen molar-refractivity contribution >= 4 is 10.0 Å². The van der Waals surface area contributed by atoms with Crippen molar-refractivity contribution in [1.82, 2.24) is 9.71 Å². The van der Waals surface area contributed by atoms with Gasteiger partial charge in [-0.05, 0) is 29.8 Å². The molecule has 1 N–H and O–H groups in total. The van der Waals surface area contributed by atoms with Crippen LogP contribution in [0.3, 0.4) is 0 Å². The van der Waals surface area contributed by atoms with Crippen LogP contribution in [0.1, 0.15) is 17.3 Å². The molecule has 128 valence electrons. The molecule has 25 heavy (non-hydrogen) atoms. The number of hydrogen-bond acceptors (Lipinski definition) is 3. The molecule has 0 aliphatic carbocycles. The van der Waals surface area contributed by atoms with E-state index in [9.17, 15) is 17.2 Å². The second kappa shape index (κ2) is 7.08. The maximum Gasteiger partial charge on any atom is 0.247 e. The Morgan fingerprint density at radius 3 is 2.08 bits per heavy atom. The van der Waals surface area contributed by atoms with Crippen LogP contribution in [0.25, 0.3) is 0 Å². The van der Waals surface area contributed by atoms with Crippen molar-refractivity contribution in [3.05, 3.63) is 95.8 Å². The molecule has 1 unspecified atom stereocenters. The van der Waals surface area contributed by atoms with E-state index in [2.05, 4.69) is 9.71 Å². The van der Waals surface area contributed by atoms with Gasteiger partial charge in [0.1, 0.15) is 11.6 Å². The summed E-state index contributed by atoms with van der Waals surface area (Å²) in [5, 5.41) is 0. The summed E-state index contributed by atoms with van der Waals surface area (Å²) in [5.41, 5.74) is 1.01. The van der Waals surface area contributed by atoms with Crippen LogP contribution in [0.15, 0.2) is 77.8 Å². The van der Waals surface area contributed by atoms with Crippen LogP contribution >= 0.6 is 0 Å². The van der Waals surface area contributed by atoms with Gasteiger partial charge in [-0.1, -0.05) is 42.5 Å². The minimum absolute atomic E-state index is 0.411. The summed E-state index contributed by atoms with van der Waals surface area (Å²) in [6.07, 6.45) is 1.52. The molecule has 0 spiro atoms. The van der Waals surface area contributed by atoms with Crippen LogP contribution in [0.4, 0.5) is 8.78 Å². The zero-order valence-corrected chi connectivity index (χ0v) is 13.7. The molecule has 0 radical (unpaired) electrons. The minimum atomic E-state index is -4.46. The van der Waals surface area contributed by atoms with Crippen LogP contribution in [0.5, 0.6) is 0 Å². The Morgan fingerprint density at radius 2 is 1.48 bits per heavy atom. The highest BCUT2D eigenvalue weighted by Crippen LogP contribution is 2.25. The normalized spacial score (nSPS) is 12.7. The van der Waals surface area contributed by atoms with Crippen molar-refractivity contribution in [3.8, 4) is 0 Å². The van der Waals surface area contributed by atoms with Crippen molar-refractivity contribution in [1.29, 1.82) is 0 Å². The SMILES string of the molecule is O=S(=O)(NC(c1ccccc1)c1ccccn1)c1c(F)cccc1F. The van der Waals surface area contributed by atoms with Gasteiger partial charge in [-0.2, -0.15) is 4.72 Å². The average Bonchev–Trinajstić information content (AvgIpc) is 2.61. The number of aromatic nitrogens is 1. The van der Waals surface area contributed by atoms with Gasteiger partial charge < -0.3 is 0 Å². The molecule has 0 aliphatic heterocycles. The first-order valence-corrected chi connectivity index (χ1v) is 8.89. The minimum Gasteiger partial charge on any atom is -0.259 e. The largest absolute Gasteiger partial charge is 0.259 e. The van der Waals surface area contributed by atoms with Gasteiger partial charge in [-0.3, -0.25) is 4.98 Å². The molecule has 3 rings (SSSR count). The lowest BCUT2D eigenvalue weighted by atomic mass is 10.0. The van der Waals surface area contributed by atoms with E-state index in [1.54, 1.807) is 48.5 Å². The lowest BCUT2D eigenvalue weighted by Gasteiger charge is -2.19. The standard InChI is InChI=1S/C18H14F2N2O2S/c19-14-9-6-10-15(20)18(14)25(23,24)22-17(13-7-2-1-3-8-13)16-11-4-5-12-21-16/h1-12,17,22H. The first kappa shape index (κ1) is 17.2. The summed E-state index contributed by atoms with van der Waals surface area (Å²) in [5.74, 6) is -2.30. The van der Waals surface area contributed by atoms with E-state index in [0.717, 1.165) is 18.2 Å². The molecule has 7 heteroatoms. The molecule has 1 heterocycles. The van der Waals surface area contributed by atoms with Gasteiger partial charge in [-0.15, -0.1) is 0 Å². The number of pyridine rings is 1. The van der Waals surface area contributed by atoms with E-state index >= 15 is 0 Å². The molecule has 0 saturated carbocycles. The predicted molar refractivity (Wildman–Crippen MR) is 89.2 cm³/mol. The average molecular weight is 360 g/mol. The van der Waals surface area contributed by atoms with Crippen molar-refractivity contribution in [2.45, 2.75) is 10.9 Å². The number of rotatable bonds is 5. The molecule has 3 aromatic rings. The molecule has 0 bridgehead atoms. The van der Waals surface area contributed by atoms with Crippen LogP contribution in [0, 0.1) is 11.6 Å². The molecule has 0 aliphatic rings. The quantitative estimate of drug-likeness (QED) is 0.758. The van der Waals surface area contributed by atoms with Crippen LogP contribution in [0.2, 0.25) is 0 Å². The van der Waals surface area contributed by atoms with Gasteiger partial charge in [0.15, 0.2) is 4.90 Å². The fraction of sp³-hybridized carbons (Fsp3) is 0.0556. The van der Waals surface area contributed by atoms with Gasteiger partial charge in [0.05, 0.1) is 11.7 Å². The first-order valence-electron chi connectivity index (χ1n) is 7.41. The number of hydrogen-bond donors (Lipinski definition) is 1. The Labute approximate surface area is 144 Å². The van der Waals surface area contributed by atoms with E-state index in [1.807, 2.05) is 0 Å². The van der Waals surface area contributed by atoms with Gasteiger partial charge >= 0.3 is 0 Å². The second-order valence-electron chi connectivity index (χ2n) is 5.27. The Morgan fingerprint density at radius 1 is 0.840 bits per heavy atom. The van der Waals surface area contributed by atoms with Gasteiger partial charge in [-0.25, -0.2) is 17.2 Å². The molecular formula is C18H14F2N2O2S. The van der Waals surface area contributed by atoms with Gasteiger partial charge in [0.2, 0.25) is 10.0 Å². The van der Waals surface area contributed by atoms with E-state index in [-0.39, 0.29) is 0 Å². The maximum absolute atomic E-state index is 13.9. The molecule has 0 saturated heterocycles. The van der Waals surface area contributed by atoms with E-state index < -0.39 is 32.6 Å². The molecule has 4 nitrogen and oxygen atoms in total. The summed E-state index contributed by atoms with van der Waals surface area (Å²) >= 11 is 0. The summed E-state index contributed by atoms with van der Waals surface area (Å²) in [4.78, 5) is 3.16. The number of nitrogens with one attached hydrogen (secondary N) is 1. The number of benzene rings is 2. The third kappa shape index (κ3) is 3.72. The molecule has 1 aromatic heterocycles. The van der Waals surface area contributed by atoms with Gasteiger partial charge in [0.25, 0.3) is 0 Å². The topological polar surface area (TPSA) is 59.1 Å². The molecule has 0 fully saturated rings. The van der Waals surface area contributed by atoms with Crippen molar-refractivity contribution < 1.29 is 17.2 Å². The maximum atomic E-state index is 13.9. The fourth-order valence-electron chi connectivity index (χ4n) is 2.44. The third-order valence-corrected chi connectivity index (χ3v) is 5.05. The number of halogens is 2. The predicted octanol–water partition coefficient (Wildman–Crippen LogP) is 3.43. The second-order valence-corrected chi connectivity index (χ2v) is 6.92. The monoisotopic (exact) mass is 360 g/mol. The van der Waals surface area contributed by atoms with Crippen LogP contribution < -0.4 is 4.72 Å². The summed E-state index contributed by atoms with van der Waals surface area (Å²) < 4.78 is 55.4. The van der Waals surface area contributed by atoms with E-state index in [0.29, 0.717) is 11.3 Å². The Kier molecular flexibility index (Phi) is 4.87.